The minimum Gasteiger partial charge on any atom is -0.381 e. The first kappa shape index (κ1) is 27.4. The number of carbonyl (C=O) groups excluding carboxylic acids is 1. The van der Waals surface area contributed by atoms with Gasteiger partial charge in [0.15, 0.2) is 0 Å². The zero-order valence-corrected chi connectivity index (χ0v) is 19.7. The summed E-state index contributed by atoms with van der Waals surface area (Å²) in [5.41, 5.74) is 0. The predicted octanol–water partition coefficient (Wildman–Crippen LogP) is 5.70. The lowest BCUT2D eigenvalue weighted by Crippen LogP contribution is -2.41. The van der Waals surface area contributed by atoms with Crippen LogP contribution in [-0.4, -0.2) is 57.8 Å². The van der Waals surface area contributed by atoms with Crippen LogP contribution in [0.25, 0.3) is 0 Å². The van der Waals surface area contributed by atoms with E-state index in [0.717, 1.165) is 43.6 Å². The molecule has 0 atom stereocenters. The molecule has 0 fully saturated rings. The largest absolute Gasteiger partial charge is 0.381 e. The van der Waals surface area contributed by atoms with Crippen LogP contribution in [0.2, 0.25) is 0 Å². The van der Waals surface area contributed by atoms with E-state index in [2.05, 4.69) is 33.4 Å². The van der Waals surface area contributed by atoms with Crippen LogP contribution in [0.5, 0.6) is 0 Å². The summed E-state index contributed by atoms with van der Waals surface area (Å²) in [5.74, 6) is 0.175. The van der Waals surface area contributed by atoms with Crippen LogP contribution in [0.1, 0.15) is 103 Å². The van der Waals surface area contributed by atoms with Gasteiger partial charge in [-0.05, 0) is 19.3 Å². The fraction of sp³-hybridized carbons (Fsp3) is 0.958. The number of unbranched alkanes of at least 4 members (excludes halogenated alkanes) is 12. The van der Waals surface area contributed by atoms with Gasteiger partial charge in [-0.1, -0.05) is 77.6 Å². The maximum absolute atomic E-state index is 11.7. The molecule has 0 spiro atoms. The van der Waals surface area contributed by atoms with Crippen LogP contribution in [0.4, 0.5) is 0 Å². The zero-order valence-electron chi connectivity index (χ0n) is 19.7. The van der Waals surface area contributed by atoms with Gasteiger partial charge in [0.1, 0.15) is 0 Å². The molecule has 28 heavy (non-hydrogen) atoms. The molecule has 0 aliphatic rings. The number of nitrogens with one attached hydrogen (secondary N) is 1. The second-order valence-corrected chi connectivity index (χ2v) is 9.32. The molecule has 168 valence electrons. The Morgan fingerprint density at radius 3 is 1.68 bits per heavy atom. The average molecular weight is 400 g/mol. The molecule has 4 heteroatoms. The van der Waals surface area contributed by atoms with Gasteiger partial charge < -0.3 is 14.5 Å². The molecule has 1 amide bonds. The SMILES string of the molecule is CCCCCCCCCCCCCCOCCCCC(=O)NCC[N+](C)(C)C. The number of ether oxygens (including phenoxy) is 1. The smallest absolute Gasteiger partial charge is 0.220 e. The molecule has 0 rings (SSSR count). The van der Waals surface area contributed by atoms with Crippen molar-refractivity contribution in [1.29, 1.82) is 0 Å². The molecular weight excluding hydrogens is 348 g/mol. The topological polar surface area (TPSA) is 38.3 Å². The van der Waals surface area contributed by atoms with Crippen molar-refractivity contribution in [1.82, 2.24) is 5.32 Å². The number of quaternary nitrogens is 1. The second-order valence-electron chi connectivity index (χ2n) is 9.32. The van der Waals surface area contributed by atoms with E-state index < -0.39 is 0 Å². The van der Waals surface area contributed by atoms with Crippen molar-refractivity contribution >= 4 is 5.91 Å². The normalized spacial score (nSPS) is 11.7. The van der Waals surface area contributed by atoms with Crippen molar-refractivity contribution in [2.45, 2.75) is 103 Å². The number of nitrogens with zero attached hydrogens (tertiary/aromatic N) is 1. The Balaban J connectivity index is 3.15. The van der Waals surface area contributed by atoms with Gasteiger partial charge in [0.25, 0.3) is 0 Å². The summed E-state index contributed by atoms with van der Waals surface area (Å²) >= 11 is 0. The van der Waals surface area contributed by atoms with Gasteiger partial charge in [0.2, 0.25) is 5.91 Å². The summed E-state index contributed by atoms with van der Waals surface area (Å²) in [5, 5.41) is 3.00. The van der Waals surface area contributed by atoms with E-state index in [4.69, 9.17) is 4.74 Å². The fourth-order valence-corrected chi connectivity index (χ4v) is 3.26. The first-order valence-corrected chi connectivity index (χ1v) is 12.1. The number of hydrogen-bond donors (Lipinski definition) is 1. The molecule has 0 saturated carbocycles. The van der Waals surface area contributed by atoms with Gasteiger partial charge in [-0.2, -0.15) is 0 Å². The molecule has 4 nitrogen and oxygen atoms in total. The average Bonchev–Trinajstić information content (AvgIpc) is 2.63. The third kappa shape index (κ3) is 23.4. The van der Waals surface area contributed by atoms with Gasteiger partial charge in [-0.25, -0.2) is 0 Å². The van der Waals surface area contributed by atoms with Crippen LogP contribution in [0.3, 0.4) is 0 Å². The van der Waals surface area contributed by atoms with Gasteiger partial charge in [-0.15, -0.1) is 0 Å². The first-order chi connectivity index (χ1) is 13.5. The molecule has 0 radical (unpaired) electrons. The Hall–Kier alpha value is -0.610. The molecule has 0 heterocycles. The van der Waals surface area contributed by atoms with Crippen molar-refractivity contribution in [3.05, 3.63) is 0 Å². The van der Waals surface area contributed by atoms with Gasteiger partial charge in [-0.3, -0.25) is 4.79 Å². The third-order valence-corrected chi connectivity index (χ3v) is 5.19. The summed E-state index contributed by atoms with van der Waals surface area (Å²) in [6.45, 7) is 5.68. The molecule has 0 aromatic heterocycles. The standard InChI is InChI=1S/C24H50N2O2/c1-5-6-7-8-9-10-11-12-13-14-15-17-22-28-23-18-16-19-24(27)25-20-21-26(2,3)4/h5-23H2,1-4H3/p+1. The van der Waals surface area contributed by atoms with Crippen LogP contribution < -0.4 is 5.32 Å². The molecule has 0 unspecified atom stereocenters. The molecule has 0 aromatic carbocycles. The Morgan fingerprint density at radius 1 is 0.714 bits per heavy atom. The van der Waals surface area contributed by atoms with E-state index in [-0.39, 0.29) is 5.91 Å². The Kier molecular flexibility index (Phi) is 19.3. The second kappa shape index (κ2) is 19.7. The summed E-state index contributed by atoms with van der Waals surface area (Å²) in [4.78, 5) is 11.7. The van der Waals surface area contributed by atoms with Crippen molar-refractivity contribution in [3.63, 3.8) is 0 Å². The Morgan fingerprint density at radius 2 is 1.18 bits per heavy atom. The number of hydrogen-bond acceptors (Lipinski definition) is 2. The molecule has 0 aliphatic carbocycles. The summed E-state index contributed by atoms with van der Waals surface area (Å²) in [7, 11) is 6.42. The lowest BCUT2D eigenvalue weighted by Gasteiger charge is -2.23. The first-order valence-electron chi connectivity index (χ1n) is 12.1. The van der Waals surface area contributed by atoms with E-state index in [1.54, 1.807) is 0 Å². The van der Waals surface area contributed by atoms with E-state index in [9.17, 15) is 4.79 Å². The molecule has 0 saturated heterocycles. The van der Waals surface area contributed by atoms with Crippen LogP contribution in [-0.2, 0) is 9.53 Å². The maximum atomic E-state index is 11.7. The summed E-state index contributed by atoms with van der Waals surface area (Å²) < 4.78 is 6.58. The lowest BCUT2D eigenvalue weighted by molar-refractivity contribution is -0.869. The molecule has 0 aromatic rings. The highest BCUT2D eigenvalue weighted by molar-refractivity contribution is 5.75. The highest BCUT2D eigenvalue weighted by Crippen LogP contribution is 2.12. The van der Waals surface area contributed by atoms with Crippen molar-refractivity contribution in [2.75, 3.05) is 47.4 Å². The third-order valence-electron chi connectivity index (χ3n) is 5.19. The molecule has 0 aliphatic heterocycles. The van der Waals surface area contributed by atoms with Crippen molar-refractivity contribution in [3.8, 4) is 0 Å². The predicted molar refractivity (Wildman–Crippen MR) is 122 cm³/mol. The molecular formula is C24H51N2O2+. The van der Waals surface area contributed by atoms with Gasteiger partial charge in [0.05, 0.1) is 34.2 Å². The number of likely N-dealkylation sites (N-methyl/N-ethyl adjacent to an activating group) is 1. The van der Waals surface area contributed by atoms with Crippen molar-refractivity contribution in [2.24, 2.45) is 0 Å². The van der Waals surface area contributed by atoms with Gasteiger partial charge in [0, 0.05) is 19.6 Å². The highest BCUT2D eigenvalue weighted by Gasteiger charge is 2.07. The van der Waals surface area contributed by atoms with Gasteiger partial charge >= 0.3 is 0 Å². The fourth-order valence-electron chi connectivity index (χ4n) is 3.26. The van der Waals surface area contributed by atoms with Crippen LogP contribution >= 0.6 is 0 Å². The summed E-state index contributed by atoms with van der Waals surface area (Å²) in [6.07, 6.45) is 19.1. The Labute approximate surface area is 176 Å². The number of rotatable bonds is 21. The van der Waals surface area contributed by atoms with Crippen LogP contribution in [0, 0.1) is 0 Å². The monoisotopic (exact) mass is 399 g/mol. The van der Waals surface area contributed by atoms with Crippen LogP contribution in [0.15, 0.2) is 0 Å². The lowest BCUT2D eigenvalue weighted by atomic mass is 10.1. The maximum Gasteiger partial charge on any atom is 0.220 e. The summed E-state index contributed by atoms with van der Waals surface area (Å²) in [6, 6.07) is 0. The molecule has 1 N–H and O–H groups in total. The number of amides is 1. The quantitative estimate of drug-likeness (QED) is 0.199. The highest BCUT2D eigenvalue weighted by atomic mass is 16.5. The number of carbonyl (C=O) groups is 1. The van der Waals surface area contributed by atoms with E-state index in [0.29, 0.717) is 6.42 Å². The molecule has 0 bridgehead atoms. The van der Waals surface area contributed by atoms with E-state index >= 15 is 0 Å². The minimum atomic E-state index is 0.175. The Bertz CT molecular complexity index is 340. The minimum absolute atomic E-state index is 0.175. The van der Waals surface area contributed by atoms with Crippen molar-refractivity contribution < 1.29 is 14.0 Å². The zero-order chi connectivity index (χ0) is 20.9. The van der Waals surface area contributed by atoms with E-state index in [1.165, 1.54) is 77.0 Å². The van der Waals surface area contributed by atoms with E-state index in [1.807, 2.05) is 0 Å².